The molecule has 0 amide bonds. The van der Waals surface area contributed by atoms with E-state index in [2.05, 4.69) is 63.4 Å². The summed E-state index contributed by atoms with van der Waals surface area (Å²) < 4.78 is 71.3. The summed E-state index contributed by atoms with van der Waals surface area (Å²) in [5.74, 6) is 2.54. The van der Waals surface area contributed by atoms with Crippen LogP contribution in [0.15, 0.2) is 29.3 Å². The average Bonchev–Trinajstić information content (AvgIpc) is 3.96. The zero-order valence-corrected chi connectivity index (χ0v) is 41.2. The number of aromatic nitrogens is 8. The Morgan fingerprint density at radius 1 is 0.786 bits per heavy atom. The number of aromatic amines is 2. The van der Waals surface area contributed by atoms with Crippen molar-refractivity contribution in [2.24, 2.45) is 5.92 Å². The first kappa shape index (κ1) is 47.9. The van der Waals surface area contributed by atoms with E-state index in [9.17, 15) is 27.4 Å². The van der Waals surface area contributed by atoms with E-state index in [1.165, 1.54) is 14.7 Å². The molecule has 1 unspecified atom stereocenters. The van der Waals surface area contributed by atoms with E-state index < -0.39 is 26.3 Å². The van der Waals surface area contributed by atoms with E-state index in [1.54, 1.807) is 10.4 Å². The Balaban J connectivity index is 0.758. The molecular weight excluding hydrogens is 941 g/mol. The molecule has 26 heteroatoms. The van der Waals surface area contributed by atoms with Crippen molar-refractivity contribution in [2.45, 2.75) is 125 Å². The lowest BCUT2D eigenvalue weighted by atomic mass is 9.83. The average molecular weight is 1000 g/mol. The first-order valence-electron chi connectivity index (χ1n) is 24.2. The Hall–Kier alpha value is -5.74. The second-order valence-corrected chi connectivity index (χ2v) is 23.1. The fourth-order valence-corrected chi connectivity index (χ4v) is 14.4. The third kappa shape index (κ3) is 10.1. The van der Waals surface area contributed by atoms with Gasteiger partial charge in [-0.15, -0.1) is 0 Å². The maximum absolute atomic E-state index is 13.8. The molecule has 6 fully saturated rings. The highest BCUT2D eigenvalue weighted by Crippen LogP contribution is 2.41. The minimum atomic E-state index is -3.80. The molecule has 10 heterocycles. The van der Waals surface area contributed by atoms with Crippen molar-refractivity contribution in [1.29, 1.82) is 10.5 Å². The summed E-state index contributed by atoms with van der Waals surface area (Å²) in [4.78, 5) is 23.2. The Morgan fingerprint density at radius 3 is 2.03 bits per heavy atom. The summed E-state index contributed by atoms with van der Waals surface area (Å²) in [6.45, 7) is 5.84. The maximum atomic E-state index is 13.8. The highest BCUT2D eigenvalue weighted by molar-refractivity contribution is 7.89. The number of nitrogens with one attached hydrogen (secondary N) is 5. The summed E-state index contributed by atoms with van der Waals surface area (Å²) in [5, 5.41) is 43.6. The van der Waals surface area contributed by atoms with Gasteiger partial charge in [0.05, 0.1) is 24.7 Å². The topological polar surface area (TPSA) is 296 Å². The number of H-pyrrole nitrogens is 2. The van der Waals surface area contributed by atoms with Crippen molar-refractivity contribution in [3.63, 3.8) is 0 Å². The number of piperidine rings is 3. The molecular formula is C44H60N18O6S2. The second-order valence-electron chi connectivity index (χ2n) is 19.4. The van der Waals surface area contributed by atoms with Crippen LogP contribution in [0.25, 0.3) is 0 Å². The van der Waals surface area contributed by atoms with Crippen molar-refractivity contribution in [3.05, 3.63) is 35.7 Å². The van der Waals surface area contributed by atoms with Crippen LogP contribution in [0.2, 0.25) is 0 Å². The number of sulfonamides is 1. The highest BCUT2D eigenvalue weighted by atomic mass is 32.2. The predicted octanol–water partition coefficient (Wildman–Crippen LogP) is 3.13. The van der Waals surface area contributed by atoms with E-state index in [4.69, 9.17) is 19.4 Å². The van der Waals surface area contributed by atoms with Gasteiger partial charge in [-0.3, -0.25) is 15.1 Å². The molecule has 6 aliphatic rings. The van der Waals surface area contributed by atoms with Gasteiger partial charge in [0.15, 0.2) is 22.8 Å². The lowest BCUT2D eigenvalue weighted by Crippen LogP contribution is -2.64. The van der Waals surface area contributed by atoms with Gasteiger partial charge in [0.25, 0.3) is 20.2 Å². The van der Waals surface area contributed by atoms with Gasteiger partial charge in [-0.25, -0.2) is 8.42 Å². The molecule has 70 heavy (non-hydrogen) atoms. The molecule has 0 spiro atoms. The number of hydrogen-bond donors (Lipinski definition) is 5. The van der Waals surface area contributed by atoms with E-state index in [0.717, 1.165) is 62.8 Å². The van der Waals surface area contributed by atoms with Gasteiger partial charge in [0, 0.05) is 112 Å². The molecule has 4 aromatic heterocycles. The lowest BCUT2D eigenvalue weighted by Gasteiger charge is -2.51. The SMILES string of the molecule is Cc1cc(Nc2cc(S(=O)(=O)N3CCC3)nc(N[C@@H]3C[C@H]4CC[C@@H](C3)N4CC(C#N)OCCOc3cc(Nc4cc(C)[nH]n4)nc(N(C)[C@@H]4C[C@H]5CCC[C@@H](C4)N5S(=O)(=O)N4CC(C#N)C4)n3)n2)n[nH]1. The van der Waals surface area contributed by atoms with E-state index in [-0.39, 0.29) is 79.4 Å². The van der Waals surface area contributed by atoms with Crippen LogP contribution in [0.3, 0.4) is 0 Å². The van der Waals surface area contributed by atoms with Gasteiger partial charge in [-0.1, -0.05) is 6.42 Å². The van der Waals surface area contributed by atoms with Crippen molar-refractivity contribution in [3.8, 4) is 18.0 Å². The fourth-order valence-electron chi connectivity index (χ4n) is 10.8. The quantitative estimate of drug-likeness (QED) is 0.0666. The minimum Gasteiger partial charge on any atom is -0.475 e. The number of rotatable bonds is 19. The predicted molar refractivity (Wildman–Crippen MR) is 256 cm³/mol. The van der Waals surface area contributed by atoms with Gasteiger partial charge in [0.2, 0.25) is 17.8 Å². The van der Waals surface area contributed by atoms with E-state index in [1.807, 2.05) is 37.9 Å². The third-order valence-corrected chi connectivity index (χ3v) is 18.4. The molecule has 0 aromatic carbocycles. The summed E-state index contributed by atoms with van der Waals surface area (Å²) in [7, 11) is -5.55. The fraction of sp³-hybridized carbons (Fsp3) is 0.636. The molecule has 0 radical (unpaired) electrons. The molecule has 10 rings (SSSR count). The Morgan fingerprint density at radius 2 is 1.44 bits per heavy atom. The van der Waals surface area contributed by atoms with Crippen molar-refractivity contribution >= 4 is 55.4 Å². The second kappa shape index (κ2) is 19.8. The number of aryl methyl sites for hydroxylation is 2. The van der Waals surface area contributed by atoms with Crippen LogP contribution < -0.4 is 25.6 Å². The first-order valence-corrected chi connectivity index (χ1v) is 27.0. The summed E-state index contributed by atoms with van der Waals surface area (Å²) >= 11 is 0. The van der Waals surface area contributed by atoms with Crippen LogP contribution in [0, 0.1) is 42.4 Å². The van der Waals surface area contributed by atoms with E-state index in [0.29, 0.717) is 67.6 Å². The van der Waals surface area contributed by atoms with Crippen LogP contribution in [0.1, 0.15) is 75.6 Å². The van der Waals surface area contributed by atoms with Crippen LogP contribution in [0.5, 0.6) is 5.88 Å². The van der Waals surface area contributed by atoms with Gasteiger partial charge < -0.3 is 30.3 Å². The number of anilines is 6. The molecule has 24 nitrogen and oxygen atoms in total. The zero-order valence-electron chi connectivity index (χ0n) is 39.5. The smallest absolute Gasteiger partial charge is 0.282 e. The van der Waals surface area contributed by atoms with Gasteiger partial charge in [-0.05, 0) is 71.6 Å². The number of fused-ring (bicyclic) bond motifs is 4. The lowest BCUT2D eigenvalue weighted by molar-refractivity contribution is 0.0192. The Bertz CT molecular complexity index is 2810. The molecule has 0 aliphatic carbocycles. The van der Waals surface area contributed by atoms with Crippen LogP contribution in [-0.2, 0) is 25.0 Å². The Kier molecular flexibility index (Phi) is 13.6. The summed E-state index contributed by atoms with van der Waals surface area (Å²) in [6.07, 6.45) is 7.22. The largest absolute Gasteiger partial charge is 0.475 e. The molecule has 4 aromatic rings. The summed E-state index contributed by atoms with van der Waals surface area (Å²) in [6, 6.07) is 11.3. The number of hydrogen-bond acceptors (Lipinski definition) is 19. The number of nitrogens with zero attached hydrogens (tertiary/aromatic N) is 13. The molecule has 4 bridgehead atoms. The molecule has 0 saturated carbocycles. The van der Waals surface area contributed by atoms with Crippen molar-refractivity contribution < 1.29 is 26.3 Å². The van der Waals surface area contributed by atoms with Crippen LogP contribution >= 0.6 is 0 Å². The van der Waals surface area contributed by atoms with Gasteiger partial charge >= 0.3 is 0 Å². The maximum Gasteiger partial charge on any atom is 0.282 e. The zero-order chi connectivity index (χ0) is 48.7. The molecule has 6 aliphatic heterocycles. The van der Waals surface area contributed by atoms with Gasteiger partial charge in [-0.2, -0.15) is 62.0 Å². The minimum absolute atomic E-state index is 0.0164. The molecule has 374 valence electrons. The Labute approximate surface area is 407 Å². The molecule has 5 N–H and O–H groups in total. The van der Waals surface area contributed by atoms with E-state index >= 15 is 0 Å². The van der Waals surface area contributed by atoms with Gasteiger partial charge in [0.1, 0.15) is 18.2 Å². The molecule has 6 saturated heterocycles. The highest BCUT2D eigenvalue weighted by Gasteiger charge is 2.50. The van der Waals surface area contributed by atoms with Crippen LogP contribution in [0.4, 0.5) is 35.2 Å². The molecule has 7 atom stereocenters. The number of ether oxygens (including phenoxy) is 2. The number of nitriles is 2. The first-order chi connectivity index (χ1) is 33.7. The van der Waals surface area contributed by atoms with Crippen LogP contribution in [-0.4, -0.2) is 170 Å². The standard InChI is InChI=1S/C44H60N18O6S2/c1-27-14-39(56-54-27)48-37-20-41(52-44(51-37)58(3)35-18-33-6-4-7-34(19-35)62(33)70(65,66)60-24-29(22-45)25-60)68-13-12-67-36(23-46)26-61-31-8-9-32(61)17-30(16-31)47-43-50-38(49-40-15-28(2)55-57-40)21-42(53-43)69(63,64)59-10-5-11-59/h14-15,20-21,29-36H,4-13,16-19,24-26H2,1-3H3,(H2,48,51,52,54,56)(H3,47,49,50,53,55,57)/t30-,31-,32+,33-,34+,35-,36?. The van der Waals surface area contributed by atoms with Crippen molar-refractivity contribution in [2.75, 3.05) is 73.8 Å². The summed E-state index contributed by atoms with van der Waals surface area (Å²) in [5.41, 5.74) is 1.72. The normalized spacial score (nSPS) is 25.8. The van der Waals surface area contributed by atoms with Crippen molar-refractivity contribution in [1.82, 2.24) is 58.1 Å². The third-order valence-electron chi connectivity index (χ3n) is 14.5. The monoisotopic (exact) mass is 1000 g/mol.